The van der Waals surface area contributed by atoms with Crippen LogP contribution in [-0.2, 0) is 0 Å². The quantitative estimate of drug-likeness (QED) is 0.712. The summed E-state index contributed by atoms with van der Waals surface area (Å²) < 4.78 is 24.2. The summed E-state index contributed by atoms with van der Waals surface area (Å²) in [5, 5.41) is 0. The Morgan fingerprint density at radius 2 is 1.50 bits per heavy atom. The second kappa shape index (κ2) is 7.12. The summed E-state index contributed by atoms with van der Waals surface area (Å²) in [4.78, 5) is 0. The molecule has 0 heterocycles. The predicted octanol–water partition coefficient (Wildman–Crippen LogP) is 5.14. The van der Waals surface area contributed by atoms with Gasteiger partial charge in [-0.2, -0.15) is 0 Å². The third-order valence-corrected chi connectivity index (χ3v) is 3.46. The molecule has 0 saturated heterocycles. The molecule has 2 rings (SSSR count). The van der Waals surface area contributed by atoms with E-state index in [-0.39, 0.29) is 5.82 Å². The summed E-state index contributed by atoms with van der Waals surface area (Å²) in [7, 11) is 3.31. The number of ether oxygens (including phenoxy) is 2. The van der Waals surface area contributed by atoms with E-state index >= 15 is 0 Å². The van der Waals surface area contributed by atoms with Gasteiger partial charge in [-0.15, -0.1) is 0 Å². The minimum Gasteiger partial charge on any atom is -0.496 e. The molecule has 22 heavy (non-hydrogen) atoms. The van der Waals surface area contributed by atoms with Gasteiger partial charge in [0.2, 0.25) is 0 Å². The van der Waals surface area contributed by atoms with Gasteiger partial charge in [-0.25, -0.2) is 4.39 Å². The molecule has 0 spiro atoms. The summed E-state index contributed by atoms with van der Waals surface area (Å²) in [5.74, 6) is 1.65. The van der Waals surface area contributed by atoms with Crippen LogP contribution in [0.3, 0.4) is 0 Å². The van der Waals surface area contributed by atoms with Crippen LogP contribution >= 0.6 is 0 Å². The number of halogens is 1. The fourth-order valence-corrected chi connectivity index (χ4v) is 2.43. The van der Waals surface area contributed by atoms with Gasteiger partial charge in [0.25, 0.3) is 0 Å². The van der Waals surface area contributed by atoms with E-state index < -0.39 is 0 Å². The van der Waals surface area contributed by atoms with Crippen molar-refractivity contribution in [1.82, 2.24) is 0 Å². The van der Waals surface area contributed by atoms with E-state index in [2.05, 4.69) is 13.8 Å². The van der Waals surface area contributed by atoms with Crippen molar-refractivity contribution in [2.24, 2.45) is 0 Å². The Balaban J connectivity index is 2.39. The molecule has 0 aliphatic carbocycles. The Hall–Kier alpha value is -2.29. The first-order valence-corrected chi connectivity index (χ1v) is 7.24. The lowest BCUT2D eigenvalue weighted by Crippen LogP contribution is -1.99. The Morgan fingerprint density at radius 1 is 0.909 bits per heavy atom. The smallest absolute Gasteiger partial charge is 0.126 e. The van der Waals surface area contributed by atoms with Crippen molar-refractivity contribution < 1.29 is 13.9 Å². The molecular weight excluding hydrogens is 279 g/mol. The highest BCUT2D eigenvalue weighted by Gasteiger charge is 2.14. The molecule has 2 aromatic rings. The highest BCUT2D eigenvalue weighted by atomic mass is 19.1. The number of benzene rings is 2. The van der Waals surface area contributed by atoms with Gasteiger partial charge in [-0.3, -0.25) is 0 Å². The van der Waals surface area contributed by atoms with Gasteiger partial charge in [0.15, 0.2) is 0 Å². The highest BCUT2D eigenvalue weighted by Crippen LogP contribution is 2.36. The Kier molecular flexibility index (Phi) is 5.21. The van der Waals surface area contributed by atoms with Gasteiger partial charge in [0.05, 0.1) is 14.2 Å². The lowest BCUT2D eigenvalue weighted by atomic mass is 9.98. The van der Waals surface area contributed by atoms with Gasteiger partial charge >= 0.3 is 0 Å². The maximum Gasteiger partial charge on any atom is 0.126 e. The van der Waals surface area contributed by atoms with Crippen LogP contribution in [0, 0.1) is 5.82 Å². The largest absolute Gasteiger partial charge is 0.496 e. The number of rotatable bonds is 5. The molecule has 0 radical (unpaired) electrons. The second-order valence-corrected chi connectivity index (χ2v) is 5.38. The second-order valence-electron chi connectivity index (χ2n) is 5.38. The lowest BCUT2D eigenvalue weighted by Gasteiger charge is -2.17. The van der Waals surface area contributed by atoms with Gasteiger partial charge in [-0.1, -0.05) is 38.1 Å². The molecule has 0 N–H and O–H groups in total. The van der Waals surface area contributed by atoms with E-state index in [0.717, 1.165) is 28.2 Å². The third kappa shape index (κ3) is 3.67. The number of hydrogen-bond acceptors (Lipinski definition) is 2. The van der Waals surface area contributed by atoms with Crippen LogP contribution < -0.4 is 9.47 Å². The zero-order valence-corrected chi connectivity index (χ0v) is 13.4. The summed E-state index contributed by atoms with van der Waals surface area (Å²) >= 11 is 0. The standard InChI is InChI=1S/C19H21FO2/c1-13(2)19-17(21-3)11-15(12-18(19)22-4)9-8-14-6-5-7-16(20)10-14/h5-13H,1-4H3/b9-8+. The van der Waals surface area contributed by atoms with E-state index in [4.69, 9.17) is 9.47 Å². The molecule has 0 fully saturated rings. The van der Waals surface area contributed by atoms with Crippen molar-refractivity contribution in [3.05, 3.63) is 58.9 Å². The van der Waals surface area contributed by atoms with Crippen LogP contribution in [0.25, 0.3) is 12.2 Å². The minimum absolute atomic E-state index is 0.243. The predicted molar refractivity (Wildman–Crippen MR) is 89.0 cm³/mol. The Morgan fingerprint density at radius 3 is 2.00 bits per heavy atom. The zero-order valence-electron chi connectivity index (χ0n) is 13.4. The molecule has 2 nitrogen and oxygen atoms in total. The average molecular weight is 300 g/mol. The van der Waals surface area contributed by atoms with E-state index in [9.17, 15) is 4.39 Å². The van der Waals surface area contributed by atoms with Crippen molar-refractivity contribution in [2.45, 2.75) is 19.8 Å². The van der Waals surface area contributed by atoms with Gasteiger partial charge < -0.3 is 9.47 Å². The van der Waals surface area contributed by atoms with Gasteiger partial charge in [-0.05, 0) is 41.3 Å². The SMILES string of the molecule is COc1cc(/C=C/c2cccc(F)c2)cc(OC)c1C(C)C. The minimum atomic E-state index is -0.243. The summed E-state index contributed by atoms with van der Waals surface area (Å²) in [6, 6.07) is 10.4. The number of hydrogen-bond donors (Lipinski definition) is 0. The van der Waals surface area contributed by atoms with Crippen molar-refractivity contribution in [3.63, 3.8) is 0 Å². The Labute approximate surface area is 131 Å². The summed E-state index contributed by atoms with van der Waals surface area (Å²) in [5.41, 5.74) is 2.81. The van der Waals surface area contributed by atoms with Crippen LogP contribution in [0.2, 0.25) is 0 Å². The molecule has 0 saturated carbocycles. The fourth-order valence-electron chi connectivity index (χ4n) is 2.43. The normalized spacial score (nSPS) is 11.2. The van der Waals surface area contributed by atoms with Crippen LogP contribution in [-0.4, -0.2) is 14.2 Å². The van der Waals surface area contributed by atoms with Crippen molar-refractivity contribution in [1.29, 1.82) is 0 Å². The molecular formula is C19H21FO2. The molecule has 0 aliphatic rings. The van der Waals surface area contributed by atoms with E-state index in [0.29, 0.717) is 5.92 Å². The van der Waals surface area contributed by atoms with E-state index in [1.165, 1.54) is 12.1 Å². The molecule has 0 unspecified atom stereocenters. The van der Waals surface area contributed by atoms with Gasteiger partial charge in [0.1, 0.15) is 17.3 Å². The van der Waals surface area contributed by atoms with Crippen molar-refractivity contribution in [2.75, 3.05) is 14.2 Å². The number of methoxy groups -OCH3 is 2. The van der Waals surface area contributed by atoms with Crippen LogP contribution in [0.1, 0.15) is 36.5 Å². The van der Waals surface area contributed by atoms with E-state index in [1.807, 2.05) is 30.4 Å². The summed E-state index contributed by atoms with van der Waals surface area (Å²) in [6.07, 6.45) is 3.79. The third-order valence-electron chi connectivity index (χ3n) is 3.46. The molecule has 0 amide bonds. The monoisotopic (exact) mass is 300 g/mol. The molecule has 3 heteroatoms. The van der Waals surface area contributed by atoms with Crippen LogP contribution in [0.15, 0.2) is 36.4 Å². The summed E-state index contributed by atoms with van der Waals surface area (Å²) in [6.45, 7) is 4.20. The van der Waals surface area contributed by atoms with E-state index in [1.54, 1.807) is 20.3 Å². The maximum absolute atomic E-state index is 13.2. The van der Waals surface area contributed by atoms with Crippen molar-refractivity contribution in [3.8, 4) is 11.5 Å². The molecule has 2 aromatic carbocycles. The maximum atomic E-state index is 13.2. The highest BCUT2D eigenvalue weighted by molar-refractivity contribution is 5.72. The first-order chi connectivity index (χ1) is 10.5. The average Bonchev–Trinajstić information content (AvgIpc) is 2.51. The topological polar surface area (TPSA) is 18.5 Å². The van der Waals surface area contributed by atoms with Crippen LogP contribution in [0.4, 0.5) is 4.39 Å². The van der Waals surface area contributed by atoms with Gasteiger partial charge in [0, 0.05) is 5.56 Å². The fraction of sp³-hybridized carbons (Fsp3) is 0.263. The first kappa shape index (κ1) is 16.1. The Bertz CT molecular complexity index is 650. The lowest BCUT2D eigenvalue weighted by molar-refractivity contribution is 0.382. The molecule has 0 aromatic heterocycles. The first-order valence-electron chi connectivity index (χ1n) is 7.24. The molecule has 0 aliphatic heterocycles. The molecule has 0 atom stereocenters. The molecule has 116 valence electrons. The van der Waals surface area contributed by atoms with Crippen molar-refractivity contribution >= 4 is 12.2 Å². The zero-order chi connectivity index (χ0) is 16.1. The van der Waals surface area contributed by atoms with Crippen LogP contribution in [0.5, 0.6) is 11.5 Å². The molecule has 0 bridgehead atoms.